The average Bonchev–Trinajstić information content (AvgIpc) is 2.63. The summed E-state index contributed by atoms with van der Waals surface area (Å²) in [6.45, 7) is 5.97. The maximum atomic E-state index is 12.6. The lowest BCUT2D eigenvalue weighted by Gasteiger charge is -2.26. The second-order valence-electron chi connectivity index (χ2n) is 6.00. The van der Waals surface area contributed by atoms with E-state index >= 15 is 0 Å². The van der Waals surface area contributed by atoms with Gasteiger partial charge < -0.3 is 15.8 Å². The Balaban J connectivity index is 3.01. The van der Waals surface area contributed by atoms with Crippen LogP contribution in [0.1, 0.15) is 45.6 Å². The van der Waals surface area contributed by atoms with Gasteiger partial charge >= 0.3 is 0 Å². The van der Waals surface area contributed by atoms with E-state index in [-0.39, 0.29) is 23.9 Å². The molecule has 0 atom stereocenters. The number of carbonyl (C=O) groups is 1. The van der Waals surface area contributed by atoms with Crippen LogP contribution >= 0.6 is 0 Å². The normalized spacial score (nSPS) is 12.0. The van der Waals surface area contributed by atoms with Crippen LogP contribution < -0.4 is 20.5 Å². The van der Waals surface area contributed by atoms with Crippen LogP contribution in [0.25, 0.3) is 0 Å². The second kappa shape index (κ2) is 9.17. The molecule has 0 heterocycles. The summed E-state index contributed by atoms with van der Waals surface area (Å²) in [6.07, 6.45) is 1.69. The highest BCUT2D eigenvalue weighted by Gasteiger charge is 2.24. The Bertz CT molecular complexity index is 685. The Morgan fingerprint density at radius 1 is 1.24 bits per heavy atom. The fraction of sp³-hybridized carbons (Fsp3) is 0.588. The molecule has 0 radical (unpaired) electrons. The first-order valence-electron chi connectivity index (χ1n) is 8.43. The molecule has 0 saturated carbocycles. The molecular formula is C17H29N3O4S. The highest BCUT2D eigenvalue weighted by molar-refractivity contribution is 7.89. The number of hydrogen-bond acceptors (Lipinski definition) is 5. The molecule has 0 bridgehead atoms. The van der Waals surface area contributed by atoms with Crippen molar-refractivity contribution >= 4 is 15.9 Å². The highest BCUT2D eigenvalue weighted by Crippen LogP contribution is 2.23. The van der Waals surface area contributed by atoms with Crippen molar-refractivity contribution in [3.63, 3.8) is 0 Å². The summed E-state index contributed by atoms with van der Waals surface area (Å²) in [7, 11) is -2.21. The maximum absolute atomic E-state index is 12.6. The Morgan fingerprint density at radius 2 is 1.88 bits per heavy atom. The van der Waals surface area contributed by atoms with Gasteiger partial charge in [-0.1, -0.05) is 20.8 Å². The van der Waals surface area contributed by atoms with Crippen LogP contribution in [0, 0.1) is 0 Å². The minimum atomic E-state index is -3.70. The molecule has 25 heavy (non-hydrogen) atoms. The maximum Gasteiger partial charge on any atom is 0.240 e. The minimum absolute atomic E-state index is 0.114. The molecule has 142 valence electrons. The fourth-order valence-electron chi connectivity index (χ4n) is 2.20. The summed E-state index contributed by atoms with van der Waals surface area (Å²) >= 11 is 0. The summed E-state index contributed by atoms with van der Waals surface area (Å²) in [6, 6.07) is 4.56. The van der Waals surface area contributed by atoms with Gasteiger partial charge in [0.15, 0.2) is 0 Å². The zero-order valence-corrected chi connectivity index (χ0v) is 16.2. The molecule has 0 saturated heterocycles. The van der Waals surface area contributed by atoms with Crippen molar-refractivity contribution in [3.05, 3.63) is 23.8 Å². The van der Waals surface area contributed by atoms with E-state index in [1.807, 2.05) is 13.8 Å². The minimum Gasteiger partial charge on any atom is -0.496 e. The first-order chi connectivity index (χ1) is 11.7. The van der Waals surface area contributed by atoms with Crippen LogP contribution in [0.5, 0.6) is 5.75 Å². The fourth-order valence-corrected chi connectivity index (χ4v) is 3.39. The molecule has 0 aromatic heterocycles. The first-order valence-corrected chi connectivity index (χ1v) is 9.91. The second-order valence-corrected chi connectivity index (χ2v) is 7.76. The number of sulfonamides is 1. The van der Waals surface area contributed by atoms with E-state index in [9.17, 15) is 13.2 Å². The number of nitrogens with one attached hydrogen (secondary N) is 2. The van der Waals surface area contributed by atoms with Gasteiger partial charge in [0.1, 0.15) is 5.75 Å². The molecule has 0 fully saturated rings. The Hall–Kier alpha value is -1.64. The third-order valence-electron chi connectivity index (χ3n) is 4.38. The third kappa shape index (κ3) is 5.98. The number of ether oxygens (including phenoxy) is 1. The smallest absolute Gasteiger partial charge is 0.240 e. The monoisotopic (exact) mass is 371 g/mol. The van der Waals surface area contributed by atoms with Crippen molar-refractivity contribution < 1.29 is 17.9 Å². The number of nitrogens with two attached hydrogens (primary N) is 1. The van der Waals surface area contributed by atoms with Gasteiger partial charge in [-0.05, 0) is 31.0 Å². The van der Waals surface area contributed by atoms with Crippen LogP contribution in [0.15, 0.2) is 23.1 Å². The number of methoxy groups -OCH3 is 1. The van der Waals surface area contributed by atoms with Crippen molar-refractivity contribution in [2.24, 2.45) is 5.73 Å². The van der Waals surface area contributed by atoms with Crippen LogP contribution in [0.3, 0.4) is 0 Å². The topological polar surface area (TPSA) is 111 Å². The number of rotatable bonds is 10. The summed E-state index contributed by atoms with van der Waals surface area (Å²) < 4.78 is 32.9. The number of carbonyl (C=O) groups excluding carboxylic acids is 1. The van der Waals surface area contributed by atoms with Crippen LogP contribution in [0.2, 0.25) is 0 Å². The Kier molecular flexibility index (Phi) is 7.85. The van der Waals surface area contributed by atoms with Crippen molar-refractivity contribution in [3.8, 4) is 5.75 Å². The quantitative estimate of drug-likeness (QED) is 0.577. The zero-order valence-electron chi connectivity index (χ0n) is 15.4. The van der Waals surface area contributed by atoms with E-state index in [0.29, 0.717) is 30.6 Å². The van der Waals surface area contributed by atoms with E-state index in [2.05, 4.69) is 10.0 Å². The summed E-state index contributed by atoms with van der Waals surface area (Å²) in [5.41, 5.74) is 6.18. The van der Waals surface area contributed by atoms with Crippen LogP contribution in [-0.2, 0) is 21.4 Å². The lowest BCUT2D eigenvalue weighted by molar-refractivity contribution is -0.120. The van der Waals surface area contributed by atoms with Gasteiger partial charge in [-0.25, -0.2) is 13.1 Å². The zero-order chi connectivity index (χ0) is 19.1. The van der Waals surface area contributed by atoms with Gasteiger partial charge in [-0.3, -0.25) is 4.79 Å². The van der Waals surface area contributed by atoms with Crippen molar-refractivity contribution in [1.82, 2.24) is 10.0 Å². The molecule has 0 spiro atoms. The van der Waals surface area contributed by atoms with E-state index in [1.54, 1.807) is 13.0 Å². The SMILES string of the molecule is CCC(=O)NCc1cc(S(=O)(=O)NCC(N)(CC)CC)ccc1OC. The van der Waals surface area contributed by atoms with Crippen LogP contribution in [-0.4, -0.2) is 33.5 Å². The molecule has 7 nitrogen and oxygen atoms in total. The Labute approximate surface area is 150 Å². The van der Waals surface area contributed by atoms with Crippen molar-refractivity contribution in [1.29, 1.82) is 0 Å². The third-order valence-corrected chi connectivity index (χ3v) is 5.78. The molecular weight excluding hydrogens is 342 g/mol. The van der Waals surface area contributed by atoms with Crippen molar-refractivity contribution in [2.45, 2.75) is 57.0 Å². The lowest BCUT2D eigenvalue weighted by Crippen LogP contribution is -2.49. The molecule has 8 heteroatoms. The molecule has 0 aliphatic heterocycles. The summed E-state index contributed by atoms with van der Waals surface area (Å²) in [5.74, 6) is 0.401. The molecule has 0 unspecified atom stereocenters. The van der Waals surface area contributed by atoms with Gasteiger partial charge in [0.2, 0.25) is 15.9 Å². The van der Waals surface area contributed by atoms with Crippen LogP contribution in [0.4, 0.5) is 0 Å². The highest BCUT2D eigenvalue weighted by atomic mass is 32.2. The van der Waals surface area contributed by atoms with Gasteiger partial charge in [-0.2, -0.15) is 0 Å². The molecule has 1 amide bonds. The van der Waals surface area contributed by atoms with E-state index < -0.39 is 15.6 Å². The predicted molar refractivity (Wildman–Crippen MR) is 97.8 cm³/mol. The lowest BCUT2D eigenvalue weighted by atomic mass is 9.95. The van der Waals surface area contributed by atoms with E-state index in [1.165, 1.54) is 19.2 Å². The average molecular weight is 372 g/mol. The van der Waals surface area contributed by atoms with Gasteiger partial charge in [-0.15, -0.1) is 0 Å². The molecule has 4 N–H and O–H groups in total. The first kappa shape index (κ1) is 21.4. The molecule has 0 aliphatic carbocycles. The number of amides is 1. The van der Waals surface area contributed by atoms with E-state index in [0.717, 1.165) is 0 Å². The molecule has 0 aliphatic rings. The molecule has 1 aromatic rings. The van der Waals surface area contributed by atoms with Gasteiger partial charge in [0.05, 0.1) is 12.0 Å². The summed E-state index contributed by atoms with van der Waals surface area (Å²) in [5, 5.41) is 2.72. The van der Waals surface area contributed by atoms with Gasteiger partial charge in [0.25, 0.3) is 0 Å². The number of benzene rings is 1. The number of hydrogen-bond donors (Lipinski definition) is 3. The predicted octanol–water partition coefficient (Wildman–Crippen LogP) is 1.52. The van der Waals surface area contributed by atoms with E-state index in [4.69, 9.17) is 10.5 Å². The van der Waals surface area contributed by atoms with Crippen molar-refractivity contribution in [2.75, 3.05) is 13.7 Å². The van der Waals surface area contributed by atoms with Gasteiger partial charge in [0, 0.05) is 30.6 Å². The molecule has 1 rings (SSSR count). The largest absolute Gasteiger partial charge is 0.496 e. The summed E-state index contributed by atoms with van der Waals surface area (Å²) in [4.78, 5) is 11.6. The molecule has 1 aromatic carbocycles. The standard InChI is InChI=1S/C17H29N3O4S/c1-5-16(21)19-11-13-10-14(8-9-15(13)24-4)25(22,23)20-12-17(18,6-2)7-3/h8-10,20H,5-7,11-12,18H2,1-4H3,(H,19,21). The Morgan fingerprint density at radius 3 is 2.40 bits per heavy atom.